The number of carbonyl (C=O) groups excluding carboxylic acids is 2. The number of hydrogen-bond donors (Lipinski definition) is 3. The standard InChI is InChI=1S/C26H26N2O5S/c1-15(2)22(25(30)31)27-24(29)23(21-12-7-13-34-21)28-26(32)33-14-20-18-10-5-3-8-16(18)17-9-4-6-11-19(17)20/h3-13,15,20,22-23H,14H2,1-2H3,(H,27,29)(H,28,32)(H,30,31)/t22-,23?/m0/s1. The Balaban J connectivity index is 1.47. The molecule has 2 aromatic carbocycles. The van der Waals surface area contributed by atoms with Gasteiger partial charge in [0.25, 0.3) is 0 Å². The summed E-state index contributed by atoms with van der Waals surface area (Å²) in [5.74, 6) is -2.16. The average molecular weight is 479 g/mol. The van der Waals surface area contributed by atoms with Crippen LogP contribution in [0.4, 0.5) is 4.79 Å². The lowest BCUT2D eigenvalue weighted by atomic mass is 9.98. The maximum absolute atomic E-state index is 12.9. The summed E-state index contributed by atoms with van der Waals surface area (Å²) in [5, 5.41) is 16.4. The van der Waals surface area contributed by atoms with Crippen LogP contribution in [0.2, 0.25) is 0 Å². The van der Waals surface area contributed by atoms with Gasteiger partial charge >= 0.3 is 12.1 Å². The second kappa shape index (κ2) is 10.1. The van der Waals surface area contributed by atoms with Crippen molar-refractivity contribution in [2.45, 2.75) is 31.8 Å². The molecule has 0 saturated heterocycles. The number of carboxylic acids is 1. The van der Waals surface area contributed by atoms with Crippen molar-refractivity contribution in [1.82, 2.24) is 10.6 Å². The highest BCUT2D eigenvalue weighted by atomic mass is 32.1. The van der Waals surface area contributed by atoms with Crippen LogP contribution in [0.1, 0.15) is 41.8 Å². The van der Waals surface area contributed by atoms with E-state index in [0.29, 0.717) is 4.88 Å². The Morgan fingerprint density at radius 2 is 1.56 bits per heavy atom. The number of ether oxygens (including phenoxy) is 1. The van der Waals surface area contributed by atoms with Crippen LogP contribution in [-0.4, -0.2) is 35.7 Å². The van der Waals surface area contributed by atoms with Crippen LogP contribution in [-0.2, 0) is 14.3 Å². The van der Waals surface area contributed by atoms with Crippen LogP contribution in [0.15, 0.2) is 66.0 Å². The van der Waals surface area contributed by atoms with E-state index in [-0.39, 0.29) is 18.4 Å². The number of alkyl carbamates (subject to hydrolysis) is 1. The van der Waals surface area contributed by atoms with Gasteiger partial charge in [-0.3, -0.25) is 4.79 Å². The molecule has 2 atom stereocenters. The summed E-state index contributed by atoms with van der Waals surface area (Å²) in [6.07, 6.45) is -0.744. The van der Waals surface area contributed by atoms with E-state index in [1.165, 1.54) is 11.3 Å². The van der Waals surface area contributed by atoms with Crippen molar-refractivity contribution in [3.05, 3.63) is 82.0 Å². The molecule has 1 unspecified atom stereocenters. The van der Waals surface area contributed by atoms with Gasteiger partial charge in [0.15, 0.2) is 0 Å². The number of benzene rings is 2. The van der Waals surface area contributed by atoms with Crippen molar-refractivity contribution in [2.24, 2.45) is 5.92 Å². The fraction of sp³-hybridized carbons (Fsp3) is 0.269. The predicted molar refractivity (Wildman–Crippen MR) is 130 cm³/mol. The molecule has 34 heavy (non-hydrogen) atoms. The van der Waals surface area contributed by atoms with Crippen LogP contribution in [0.5, 0.6) is 0 Å². The lowest BCUT2D eigenvalue weighted by Crippen LogP contribution is -2.49. The Kier molecular flexibility index (Phi) is 6.98. The average Bonchev–Trinajstić information content (AvgIpc) is 3.46. The van der Waals surface area contributed by atoms with Crippen LogP contribution in [0.3, 0.4) is 0 Å². The van der Waals surface area contributed by atoms with E-state index in [2.05, 4.69) is 22.8 Å². The number of carbonyl (C=O) groups is 3. The van der Waals surface area contributed by atoms with Crippen LogP contribution < -0.4 is 10.6 Å². The smallest absolute Gasteiger partial charge is 0.408 e. The molecule has 0 radical (unpaired) electrons. The highest BCUT2D eigenvalue weighted by Gasteiger charge is 2.32. The monoisotopic (exact) mass is 478 g/mol. The molecule has 3 N–H and O–H groups in total. The summed E-state index contributed by atoms with van der Waals surface area (Å²) in [4.78, 5) is 37.8. The van der Waals surface area contributed by atoms with Gasteiger partial charge in [-0.15, -0.1) is 11.3 Å². The van der Waals surface area contributed by atoms with E-state index in [1.54, 1.807) is 31.4 Å². The second-order valence-corrected chi connectivity index (χ2v) is 9.47. The normalized spacial score (nSPS) is 14.1. The number of carboxylic acid groups (broad SMARTS) is 1. The van der Waals surface area contributed by atoms with Crippen LogP contribution in [0.25, 0.3) is 11.1 Å². The van der Waals surface area contributed by atoms with E-state index in [9.17, 15) is 19.5 Å². The third-order valence-electron chi connectivity index (χ3n) is 5.93. The number of amides is 2. The number of nitrogens with one attached hydrogen (secondary N) is 2. The van der Waals surface area contributed by atoms with Gasteiger partial charge in [0.1, 0.15) is 18.7 Å². The minimum Gasteiger partial charge on any atom is -0.480 e. The van der Waals surface area contributed by atoms with Gasteiger partial charge in [0.05, 0.1) is 0 Å². The molecular formula is C26H26N2O5S. The fourth-order valence-corrected chi connectivity index (χ4v) is 5.00. The van der Waals surface area contributed by atoms with Crippen molar-refractivity contribution < 1.29 is 24.2 Å². The largest absolute Gasteiger partial charge is 0.480 e. The van der Waals surface area contributed by atoms with Gasteiger partial charge in [-0.1, -0.05) is 68.4 Å². The summed E-state index contributed by atoms with van der Waals surface area (Å²) >= 11 is 1.29. The molecule has 3 aromatic rings. The summed E-state index contributed by atoms with van der Waals surface area (Å²) in [6, 6.07) is 17.4. The summed E-state index contributed by atoms with van der Waals surface area (Å²) < 4.78 is 5.58. The minimum absolute atomic E-state index is 0.107. The molecule has 0 fully saturated rings. The zero-order valence-electron chi connectivity index (χ0n) is 18.9. The molecule has 1 aromatic heterocycles. The maximum Gasteiger partial charge on any atom is 0.408 e. The minimum atomic E-state index is -1.13. The molecule has 0 bridgehead atoms. The lowest BCUT2D eigenvalue weighted by Gasteiger charge is -2.23. The third kappa shape index (κ3) is 4.82. The Hall–Kier alpha value is -3.65. The number of thiophene rings is 1. The van der Waals surface area contributed by atoms with Gasteiger partial charge in [0, 0.05) is 10.8 Å². The quantitative estimate of drug-likeness (QED) is 0.440. The van der Waals surface area contributed by atoms with E-state index in [0.717, 1.165) is 22.3 Å². The number of hydrogen-bond acceptors (Lipinski definition) is 5. The first-order valence-electron chi connectivity index (χ1n) is 11.0. The number of fused-ring (bicyclic) bond motifs is 3. The topological polar surface area (TPSA) is 105 Å². The molecule has 7 nitrogen and oxygen atoms in total. The van der Waals surface area contributed by atoms with Gasteiger partial charge in [-0.25, -0.2) is 9.59 Å². The van der Waals surface area contributed by atoms with Crippen molar-refractivity contribution in [1.29, 1.82) is 0 Å². The van der Waals surface area contributed by atoms with Crippen molar-refractivity contribution in [3.63, 3.8) is 0 Å². The molecule has 1 aliphatic rings. The number of rotatable bonds is 8. The Bertz CT molecular complexity index is 1150. The van der Waals surface area contributed by atoms with Crippen LogP contribution >= 0.6 is 11.3 Å². The molecule has 8 heteroatoms. The van der Waals surface area contributed by atoms with E-state index >= 15 is 0 Å². The van der Waals surface area contributed by atoms with E-state index < -0.39 is 30.1 Å². The van der Waals surface area contributed by atoms with Gasteiger partial charge in [-0.05, 0) is 39.6 Å². The van der Waals surface area contributed by atoms with E-state index in [1.807, 2.05) is 36.4 Å². The molecule has 1 aliphatic carbocycles. The summed E-state index contributed by atoms with van der Waals surface area (Å²) in [6.45, 7) is 3.53. The molecule has 0 saturated carbocycles. The molecule has 0 aliphatic heterocycles. The molecule has 0 spiro atoms. The van der Waals surface area contributed by atoms with Crippen molar-refractivity contribution in [2.75, 3.05) is 6.61 Å². The number of aliphatic carboxylic acids is 1. The van der Waals surface area contributed by atoms with Crippen molar-refractivity contribution >= 4 is 29.3 Å². The first-order chi connectivity index (χ1) is 16.4. The van der Waals surface area contributed by atoms with Crippen LogP contribution in [0, 0.1) is 5.92 Å². The predicted octanol–water partition coefficient (Wildman–Crippen LogP) is 4.55. The van der Waals surface area contributed by atoms with E-state index in [4.69, 9.17) is 4.74 Å². The highest BCUT2D eigenvalue weighted by Crippen LogP contribution is 2.44. The molecular weight excluding hydrogens is 452 g/mol. The summed E-state index contributed by atoms with van der Waals surface area (Å²) in [5.41, 5.74) is 4.42. The van der Waals surface area contributed by atoms with Gasteiger partial charge in [-0.2, -0.15) is 0 Å². The second-order valence-electron chi connectivity index (χ2n) is 8.49. The first kappa shape index (κ1) is 23.5. The van der Waals surface area contributed by atoms with Gasteiger partial charge in [0.2, 0.25) is 5.91 Å². The maximum atomic E-state index is 12.9. The first-order valence-corrected chi connectivity index (χ1v) is 11.9. The summed E-state index contributed by atoms with van der Waals surface area (Å²) in [7, 11) is 0. The Morgan fingerprint density at radius 1 is 0.941 bits per heavy atom. The molecule has 1 heterocycles. The molecule has 176 valence electrons. The van der Waals surface area contributed by atoms with Crippen molar-refractivity contribution in [3.8, 4) is 11.1 Å². The molecule has 2 amide bonds. The SMILES string of the molecule is CC(C)[C@H](NC(=O)C(NC(=O)OCC1c2ccccc2-c2ccccc21)c1cccs1)C(=O)O. The Morgan fingerprint density at radius 3 is 2.09 bits per heavy atom. The zero-order valence-corrected chi connectivity index (χ0v) is 19.7. The molecule has 4 rings (SSSR count). The zero-order chi connectivity index (χ0) is 24.2. The van der Waals surface area contributed by atoms with Gasteiger partial charge < -0.3 is 20.5 Å². The highest BCUT2D eigenvalue weighted by molar-refractivity contribution is 7.10. The lowest BCUT2D eigenvalue weighted by molar-refractivity contribution is -0.143. The Labute approximate surface area is 201 Å². The third-order valence-corrected chi connectivity index (χ3v) is 6.86. The fourth-order valence-electron chi connectivity index (χ4n) is 4.23.